The molecule has 0 fully saturated rings. The van der Waals surface area contributed by atoms with Crippen LogP contribution in [0.25, 0.3) is 0 Å². The van der Waals surface area contributed by atoms with Crippen molar-refractivity contribution in [2.24, 2.45) is 0 Å². The van der Waals surface area contributed by atoms with Crippen LogP contribution in [0, 0.1) is 0 Å². The van der Waals surface area contributed by atoms with Crippen LogP contribution < -0.4 is 14.8 Å². The van der Waals surface area contributed by atoms with Gasteiger partial charge in [0.05, 0.1) is 44.5 Å². The highest BCUT2D eigenvalue weighted by atomic mass is 16.5. The summed E-state index contributed by atoms with van der Waals surface area (Å²) in [6.07, 6.45) is 14.1. The van der Waals surface area contributed by atoms with E-state index in [2.05, 4.69) is 40.1 Å². The average Bonchev–Trinajstić information content (AvgIpc) is 3.08. The van der Waals surface area contributed by atoms with Gasteiger partial charge in [0.1, 0.15) is 13.2 Å². The van der Waals surface area contributed by atoms with Crippen molar-refractivity contribution in [2.45, 2.75) is 105 Å². The van der Waals surface area contributed by atoms with Crippen LogP contribution in [0.5, 0.6) is 11.5 Å². The molecule has 2 N–H and O–H groups in total. The quantitative estimate of drug-likeness (QED) is 0.0676. The first kappa shape index (κ1) is 40.9. The number of nitrogens with one attached hydrogen (secondary N) is 1. The Hall–Kier alpha value is -3.10. The van der Waals surface area contributed by atoms with Gasteiger partial charge in [0, 0.05) is 12.8 Å². The van der Waals surface area contributed by atoms with Crippen molar-refractivity contribution in [3.05, 3.63) is 53.6 Å². The van der Waals surface area contributed by atoms with E-state index >= 15 is 0 Å². The Kier molecular flexibility index (Phi) is 22.3. The number of unbranched alkanes of at least 4 members (excludes halogenated alkanes) is 10. The zero-order valence-corrected chi connectivity index (χ0v) is 29.7. The molecule has 0 aliphatic heterocycles. The summed E-state index contributed by atoms with van der Waals surface area (Å²) in [7, 11) is 3.16. The molecule has 0 radical (unpaired) electrons. The van der Waals surface area contributed by atoms with Crippen LogP contribution in [-0.4, -0.2) is 75.1 Å². The first-order valence-corrected chi connectivity index (χ1v) is 17.6. The second kappa shape index (κ2) is 25.0. The number of anilines is 1. The third kappa shape index (κ3) is 15.9. The Morgan fingerprint density at radius 1 is 0.696 bits per heavy atom. The van der Waals surface area contributed by atoms with E-state index in [4.69, 9.17) is 19.3 Å². The van der Waals surface area contributed by atoms with E-state index in [1.54, 1.807) is 30.3 Å². The lowest BCUT2D eigenvalue weighted by Gasteiger charge is -2.31. The summed E-state index contributed by atoms with van der Waals surface area (Å²) >= 11 is 0. The maximum atomic E-state index is 13.4. The van der Waals surface area contributed by atoms with Crippen LogP contribution in [0.2, 0.25) is 0 Å². The molecule has 1 amide bonds. The SMILES string of the molecule is CCCCCCCCOc1cccc(C(=O)Nc2ccc(C(=O)OCC[N+](C)(CC)CC)cc2)c1OCCCCCCCC.CO. The molecule has 2 aromatic carbocycles. The van der Waals surface area contributed by atoms with Crippen molar-refractivity contribution in [1.29, 1.82) is 0 Å². The molecule has 0 saturated heterocycles. The Morgan fingerprint density at radius 3 is 1.80 bits per heavy atom. The predicted molar refractivity (Wildman–Crippen MR) is 189 cm³/mol. The van der Waals surface area contributed by atoms with Crippen LogP contribution in [0.3, 0.4) is 0 Å². The smallest absolute Gasteiger partial charge is 0.338 e. The molecule has 0 aromatic heterocycles. The fraction of sp³-hybridized carbons (Fsp3) is 0.632. The zero-order chi connectivity index (χ0) is 34.0. The van der Waals surface area contributed by atoms with Crippen LogP contribution in [0.1, 0.15) is 125 Å². The van der Waals surface area contributed by atoms with Crippen molar-refractivity contribution >= 4 is 17.6 Å². The number of carbonyl (C=O) groups excluding carboxylic acids is 2. The first-order chi connectivity index (χ1) is 22.4. The van der Waals surface area contributed by atoms with Gasteiger partial charge in [0.25, 0.3) is 5.91 Å². The molecular formula is C38H63N2O6+. The van der Waals surface area contributed by atoms with Gasteiger partial charge in [0.15, 0.2) is 11.5 Å². The highest BCUT2D eigenvalue weighted by molar-refractivity contribution is 6.07. The number of esters is 1. The van der Waals surface area contributed by atoms with Crippen LogP contribution in [0.15, 0.2) is 42.5 Å². The molecule has 8 nitrogen and oxygen atoms in total. The lowest BCUT2D eigenvalue weighted by Crippen LogP contribution is -2.46. The van der Waals surface area contributed by atoms with Gasteiger partial charge in [-0.15, -0.1) is 0 Å². The minimum atomic E-state index is -0.359. The molecule has 2 aromatic rings. The Labute approximate surface area is 279 Å². The number of nitrogens with zero attached hydrogens (tertiary/aromatic N) is 1. The van der Waals surface area contributed by atoms with E-state index in [1.807, 2.05) is 12.1 Å². The van der Waals surface area contributed by atoms with Gasteiger partial charge < -0.3 is 29.1 Å². The monoisotopic (exact) mass is 643 g/mol. The molecule has 0 bridgehead atoms. The summed E-state index contributed by atoms with van der Waals surface area (Å²) in [4.78, 5) is 26.0. The van der Waals surface area contributed by atoms with E-state index in [9.17, 15) is 9.59 Å². The summed E-state index contributed by atoms with van der Waals surface area (Å²) in [6, 6.07) is 12.3. The van der Waals surface area contributed by atoms with Gasteiger partial charge in [-0.3, -0.25) is 4.79 Å². The van der Waals surface area contributed by atoms with Crippen LogP contribution in [0.4, 0.5) is 5.69 Å². The number of rotatable bonds is 24. The number of carbonyl (C=O) groups is 2. The van der Waals surface area contributed by atoms with Crippen molar-refractivity contribution in [2.75, 3.05) is 58.9 Å². The molecule has 46 heavy (non-hydrogen) atoms. The molecule has 8 heteroatoms. The fourth-order valence-corrected chi connectivity index (χ4v) is 4.95. The van der Waals surface area contributed by atoms with Gasteiger partial charge in [-0.2, -0.15) is 0 Å². The normalized spacial score (nSPS) is 10.9. The van der Waals surface area contributed by atoms with Crippen LogP contribution >= 0.6 is 0 Å². The molecule has 0 atom stereocenters. The van der Waals surface area contributed by atoms with Crippen molar-refractivity contribution < 1.29 is 33.4 Å². The number of benzene rings is 2. The predicted octanol–water partition coefficient (Wildman–Crippen LogP) is 8.67. The summed E-state index contributed by atoms with van der Waals surface area (Å²) in [5.41, 5.74) is 1.49. The Morgan fingerprint density at radius 2 is 1.24 bits per heavy atom. The van der Waals surface area contributed by atoms with E-state index in [-0.39, 0.29) is 11.9 Å². The number of hydrogen-bond acceptors (Lipinski definition) is 6. The van der Waals surface area contributed by atoms with Gasteiger partial charge in [0.2, 0.25) is 0 Å². The van der Waals surface area contributed by atoms with Gasteiger partial charge in [-0.05, 0) is 63.1 Å². The number of aliphatic hydroxyl groups excluding tert-OH is 1. The van der Waals surface area contributed by atoms with Gasteiger partial charge >= 0.3 is 5.97 Å². The molecule has 2 rings (SSSR count). The van der Waals surface area contributed by atoms with E-state index in [1.165, 1.54) is 51.4 Å². The molecule has 260 valence electrons. The molecular weight excluding hydrogens is 580 g/mol. The Bertz CT molecular complexity index is 1090. The Balaban J connectivity index is 0.00000518. The number of hydrogen-bond donors (Lipinski definition) is 2. The topological polar surface area (TPSA) is 94.1 Å². The maximum absolute atomic E-state index is 13.4. The molecule has 0 saturated carbocycles. The lowest BCUT2D eigenvalue weighted by atomic mass is 10.1. The van der Waals surface area contributed by atoms with Crippen LogP contribution in [-0.2, 0) is 4.74 Å². The molecule has 0 unspecified atom stereocenters. The van der Waals surface area contributed by atoms with Crippen molar-refractivity contribution in [1.82, 2.24) is 0 Å². The number of aliphatic hydroxyl groups is 1. The molecule has 0 aliphatic carbocycles. The summed E-state index contributed by atoms with van der Waals surface area (Å²) in [5.74, 6) is 0.465. The molecule has 0 heterocycles. The van der Waals surface area contributed by atoms with Crippen molar-refractivity contribution in [3.8, 4) is 11.5 Å². The third-order valence-electron chi connectivity index (χ3n) is 8.49. The van der Waals surface area contributed by atoms with E-state index in [0.29, 0.717) is 48.1 Å². The summed E-state index contributed by atoms with van der Waals surface area (Å²) < 4.78 is 18.7. The zero-order valence-electron chi connectivity index (χ0n) is 29.7. The number of para-hydroxylation sites is 1. The highest BCUT2D eigenvalue weighted by Gasteiger charge is 2.20. The highest BCUT2D eigenvalue weighted by Crippen LogP contribution is 2.33. The second-order valence-corrected chi connectivity index (χ2v) is 12.0. The number of quaternary nitrogens is 1. The number of likely N-dealkylation sites (N-methyl/N-ethyl adjacent to an activating group) is 1. The number of amides is 1. The average molecular weight is 644 g/mol. The van der Waals surface area contributed by atoms with E-state index in [0.717, 1.165) is 56.9 Å². The number of ether oxygens (including phenoxy) is 3. The maximum Gasteiger partial charge on any atom is 0.338 e. The third-order valence-corrected chi connectivity index (χ3v) is 8.49. The van der Waals surface area contributed by atoms with Crippen molar-refractivity contribution in [3.63, 3.8) is 0 Å². The summed E-state index contributed by atoms with van der Waals surface area (Å²) in [5, 5.41) is 9.96. The molecule has 0 aliphatic rings. The minimum Gasteiger partial charge on any atom is -0.490 e. The fourth-order valence-electron chi connectivity index (χ4n) is 4.95. The largest absolute Gasteiger partial charge is 0.490 e. The standard InChI is InChI=1S/C37H58N2O5.CH4O/c1-6-10-12-14-16-18-28-42-34-22-20-21-33(35(34)43-29-19-17-15-13-11-7-2)36(40)38-32-25-23-31(24-26-32)37(41)44-30-27-39(5,8-3)9-4;1-2/h20-26H,6-19,27-30H2,1-5H3;2H,1H3/p+1. The molecule has 0 spiro atoms. The van der Waals surface area contributed by atoms with E-state index < -0.39 is 0 Å². The minimum absolute atomic E-state index is 0.278. The summed E-state index contributed by atoms with van der Waals surface area (Å²) in [6.45, 7) is 13.0. The van der Waals surface area contributed by atoms with Gasteiger partial charge in [-0.1, -0.05) is 84.1 Å². The first-order valence-electron chi connectivity index (χ1n) is 17.6. The lowest BCUT2D eigenvalue weighted by molar-refractivity contribution is -0.906. The second-order valence-electron chi connectivity index (χ2n) is 12.0. The van der Waals surface area contributed by atoms with Gasteiger partial charge in [-0.25, -0.2) is 4.79 Å².